The van der Waals surface area contributed by atoms with Crippen molar-refractivity contribution in [3.8, 4) is 0 Å². The molecule has 0 radical (unpaired) electrons. The second-order valence-electron chi connectivity index (χ2n) is 2.71. The first-order chi connectivity index (χ1) is 2.94. The van der Waals surface area contributed by atoms with Gasteiger partial charge in [0.25, 0.3) is 0 Å². The Labute approximate surface area is 47.3 Å². The van der Waals surface area contributed by atoms with Gasteiger partial charge in [0.1, 0.15) is 0 Å². The van der Waals surface area contributed by atoms with Gasteiger partial charge in [-0.2, -0.15) is 0 Å². The lowest BCUT2D eigenvalue weighted by molar-refractivity contribution is 0.797. The van der Waals surface area contributed by atoms with Gasteiger partial charge in [-0.1, -0.05) is 7.55 Å². The molecule has 0 N–H and O–H groups in total. The summed E-state index contributed by atoms with van der Waals surface area (Å²) < 4.78 is 0. The highest BCUT2D eigenvalue weighted by atomic mass is 31.1. The van der Waals surface area contributed by atoms with Gasteiger partial charge < -0.3 is 0 Å². The lowest BCUT2D eigenvalue weighted by Gasteiger charge is -2.11. The van der Waals surface area contributed by atoms with Crippen LogP contribution in [0, 0.1) is 6.66 Å². The van der Waals surface area contributed by atoms with Crippen LogP contribution in [0.2, 0.25) is 0 Å². The SMILES string of the molecule is C=[P+]([CH2-])C(C)(C)C. The van der Waals surface area contributed by atoms with Crippen LogP contribution in [0.25, 0.3) is 0 Å². The predicted octanol–water partition coefficient (Wildman–Crippen LogP) is 2.49. The molecule has 0 aromatic rings. The fraction of sp³-hybridized carbons (Fsp3) is 0.667. The Morgan fingerprint density at radius 2 is 1.57 bits per heavy atom. The zero-order chi connectivity index (χ0) is 6.08. The van der Waals surface area contributed by atoms with Gasteiger partial charge >= 0.3 is 0 Å². The van der Waals surface area contributed by atoms with Gasteiger partial charge in [0, 0.05) is 6.30 Å². The van der Waals surface area contributed by atoms with Gasteiger partial charge in [-0.3, -0.25) is 0 Å². The molecule has 0 spiro atoms. The minimum Gasteiger partial charge on any atom is -0.129 e. The van der Waals surface area contributed by atoms with Crippen molar-refractivity contribution in [2.45, 2.75) is 25.9 Å². The molecule has 0 aromatic heterocycles. The second-order valence-corrected chi connectivity index (χ2v) is 5.13. The van der Waals surface area contributed by atoms with Crippen LogP contribution in [0.3, 0.4) is 0 Å². The van der Waals surface area contributed by atoms with Crippen LogP contribution in [0.5, 0.6) is 0 Å². The molecule has 0 saturated heterocycles. The summed E-state index contributed by atoms with van der Waals surface area (Å²) in [5.74, 6) is 0. The summed E-state index contributed by atoms with van der Waals surface area (Å²) in [5.41, 5.74) is 0. The van der Waals surface area contributed by atoms with Crippen molar-refractivity contribution in [3.05, 3.63) is 6.66 Å². The van der Waals surface area contributed by atoms with E-state index >= 15 is 0 Å². The molecule has 0 rings (SSSR count). The summed E-state index contributed by atoms with van der Waals surface area (Å²) in [5, 5.41) is 0.343. The van der Waals surface area contributed by atoms with Crippen LogP contribution < -0.4 is 0 Å². The Bertz CT molecular complexity index is 76.7. The molecule has 1 unspecified atom stereocenters. The summed E-state index contributed by atoms with van der Waals surface area (Å²) in [6.07, 6.45) is 3.86. The Morgan fingerprint density at radius 1 is 1.43 bits per heavy atom. The van der Waals surface area contributed by atoms with E-state index in [4.69, 9.17) is 0 Å². The van der Waals surface area contributed by atoms with Crippen molar-refractivity contribution < 1.29 is 0 Å². The van der Waals surface area contributed by atoms with Crippen LogP contribution in [0.4, 0.5) is 0 Å². The van der Waals surface area contributed by atoms with E-state index < -0.39 is 0 Å². The topological polar surface area (TPSA) is 0 Å². The molecule has 0 bridgehead atoms. The average Bonchev–Trinajstić information content (AvgIpc) is 1.31. The highest BCUT2D eigenvalue weighted by Crippen LogP contribution is 2.34. The van der Waals surface area contributed by atoms with Crippen LogP contribution in [-0.4, -0.2) is 11.5 Å². The van der Waals surface area contributed by atoms with E-state index in [0.29, 0.717) is 5.16 Å². The summed E-state index contributed by atoms with van der Waals surface area (Å²) in [4.78, 5) is 0. The summed E-state index contributed by atoms with van der Waals surface area (Å²) >= 11 is 0. The van der Waals surface area contributed by atoms with Gasteiger partial charge in [0.05, 0.1) is 5.16 Å². The van der Waals surface area contributed by atoms with E-state index in [1.54, 1.807) is 0 Å². The van der Waals surface area contributed by atoms with Gasteiger partial charge in [-0.25, -0.2) is 0 Å². The first-order valence-corrected chi connectivity index (χ1v) is 4.07. The van der Waals surface area contributed by atoms with Gasteiger partial charge in [0.2, 0.25) is 0 Å². The highest BCUT2D eigenvalue weighted by molar-refractivity contribution is 7.58. The highest BCUT2D eigenvalue weighted by Gasteiger charge is 2.14. The molecule has 0 aromatic carbocycles. The lowest BCUT2D eigenvalue weighted by atomic mass is 10.3. The number of hydrogen-bond acceptors (Lipinski definition) is 0. The lowest BCUT2D eigenvalue weighted by Crippen LogP contribution is -2.04. The summed E-state index contributed by atoms with van der Waals surface area (Å²) in [7, 11) is -0.242. The van der Waals surface area contributed by atoms with Crippen molar-refractivity contribution in [2.24, 2.45) is 0 Å². The molecule has 1 atom stereocenters. The van der Waals surface area contributed by atoms with Crippen molar-refractivity contribution in [3.63, 3.8) is 0 Å². The fourth-order valence-electron chi connectivity index (χ4n) is 0. The molecule has 0 nitrogen and oxygen atoms in total. The standard InChI is InChI=1S/C6H13P/c1-6(2,3)7(4)5/h4-5H2,1-3H3. The van der Waals surface area contributed by atoms with Crippen molar-refractivity contribution in [2.75, 3.05) is 0 Å². The van der Waals surface area contributed by atoms with E-state index in [9.17, 15) is 0 Å². The molecule has 0 aliphatic heterocycles. The quantitative estimate of drug-likeness (QED) is 0.337. The van der Waals surface area contributed by atoms with Crippen molar-refractivity contribution >= 4 is 13.8 Å². The molecule has 0 fully saturated rings. The third-order valence-electron chi connectivity index (χ3n) is 0.949. The van der Waals surface area contributed by atoms with Crippen LogP contribution in [0.15, 0.2) is 0 Å². The Hall–Kier alpha value is 0.170. The van der Waals surface area contributed by atoms with Crippen LogP contribution in [-0.2, 0) is 0 Å². The number of rotatable bonds is 0. The van der Waals surface area contributed by atoms with Gasteiger partial charge in [0.15, 0.2) is 0 Å². The fourth-order valence-corrected chi connectivity index (χ4v) is 0. The largest absolute Gasteiger partial charge is 0.129 e. The van der Waals surface area contributed by atoms with E-state index in [1.807, 2.05) is 0 Å². The molecule has 0 amide bonds. The molecule has 0 heterocycles. The Kier molecular flexibility index (Phi) is 2.01. The monoisotopic (exact) mass is 116 g/mol. The Balaban J connectivity index is 3.79. The number of hydrogen-bond donors (Lipinski definition) is 0. The third kappa shape index (κ3) is 2.82. The molecule has 7 heavy (non-hydrogen) atoms. The zero-order valence-electron chi connectivity index (χ0n) is 5.36. The third-order valence-corrected chi connectivity index (χ3v) is 2.85. The molecule has 42 valence electrons. The maximum Gasteiger partial charge on any atom is 0.0883 e. The van der Waals surface area contributed by atoms with E-state index in [-0.39, 0.29) is 7.55 Å². The molecule has 0 aliphatic rings. The molecule has 0 saturated carbocycles. The van der Waals surface area contributed by atoms with E-state index in [0.717, 1.165) is 0 Å². The molecule has 1 heteroatoms. The first kappa shape index (κ1) is 7.17. The normalized spacial score (nSPS) is 14.0. The molecular weight excluding hydrogens is 103 g/mol. The predicted molar refractivity (Wildman–Crippen MR) is 39.2 cm³/mol. The average molecular weight is 116 g/mol. The van der Waals surface area contributed by atoms with Gasteiger partial charge in [-0.05, 0) is 20.8 Å². The Morgan fingerprint density at radius 3 is 1.57 bits per heavy atom. The zero-order valence-corrected chi connectivity index (χ0v) is 6.26. The van der Waals surface area contributed by atoms with Gasteiger partial charge in [-0.15, -0.1) is 6.66 Å². The maximum absolute atomic E-state index is 3.86. The smallest absolute Gasteiger partial charge is 0.0883 e. The van der Waals surface area contributed by atoms with E-state index in [1.165, 1.54) is 0 Å². The van der Waals surface area contributed by atoms with E-state index in [2.05, 4.69) is 33.7 Å². The minimum atomic E-state index is -0.242. The van der Waals surface area contributed by atoms with Crippen molar-refractivity contribution in [1.29, 1.82) is 0 Å². The van der Waals surface area contributed by atoms with Crippen LogP contribution in [0.1, 0.15) is 20.8 Å². The maximum atomic E-state index is 3.86. The molecule has 0 aliphatic carbocycles. The minimum absolute atomic E-state index is 0.242. The second kappa shape index (κ2) is 1.96. The van der Waals surface area contributed by atoms with Crippen LogP contribution >= 0.6 is 7.55 Å². The first-order valence-electron chi connectivity index (χ1n) is 2.36. The molecular formula is C6H13P. The van der Waals surface area contributed by atoms with Crippen molar-refractivity contribution in [1.82, 2.24) is 0 Å². The summed E-state index contributed by atoms with van der Waals surface area (Å²) in [6.45, 7) is 10.4. The summed E-state index contributed by atoms with van der Waals surface area (Å²) in [6, 6.07) is 0.